The quantitative estimate of drug-likeness (QED) is 0.354. The zero-order chi connectivity index (χ0) is 8.69. The number of methoxy groups -OCH3 is 1. The van der Waals surface area contributed by atoms with E-state index in [2.05, 4.69) is 11.7 Å². The van der Waals surface area contributed by atoms with Crippen LogP contribution in [0.25, 0.3) is 0 Å². The first-order valence-electron chi connectivity index (χ1n) is 3.97. The van der Waals surface area contributed by atoms with Crippen LogP contribution >= 0.6 is 0 Å². The molecule has 64 valence electrons. The zero-order valence-electron chi connectivity index (χ0n) is 7.52. The van der Waals surface area contributed by atoms with Crippen LogP contribution in [0.5, 0.6) is 0 Å². The standard InChI is InChI=1S/C9H16O2/c1-4-5-6-7-8(2)9(10)11-3/h7H,4-6H2,1-3H3/b8-7-. The molecule has 0 aliphatic carbocycles. The van der Waals surface area contributed by atoms with Gasteiger partial charge >= 0.3 is 5.97 Å². The minimum Gasteiger partial charge on any atom is -0.466 e. The van der Waals surface area contributed by atoms with E-state index in [1.165, 1.54) is 7.11 Å². The second-order valence-electron chi connectivity index (χ2n) is 2.52. The Morgan fingerprint density at radius 3 is 2.64 bits per heavy atom. The lowest BCUT2D eigenvalue weighted by Crippen LogP contribution is -2.00. The van der Waals surface area contributed by atoms with Gasteiger partial charge < -0.3 is 4.74 Å². The van der Waals surface area contributed by atoms with Crippen LogP contribution in [0.2, 0.25) is 0 Å². The maximum Gasteiger partial charge on any atom is 0.333 e. The summed E-state index contributed by atoms with van der Waals surface area (Å²) in [6.45, 7) is 3.91. The van der Waals surface area contributed by atoms with Crippen LogP contribution in [0.1, 0.15) is 33.1 Å². The SMILES string of the molecule is CCCC/C=C(/C)C(=O)OC. The van der Waals surface area contributed by atoms with Crippen LogP contribution in [0.3, 0.4) is 0 Å². The molecule has 11 heavy (non-hydrogen) atoms. The highest BCUT2D eigenvalue weighted by Crippen LogP contribution is 2.01. The van der Waals surface area contributed by atoms with Gasteiger partial charge in [-0.25, -0.2) is 4.79 Å². The molecule has 0 amide bonds. The first kappa shape index (κ1) is 10.2. The Bertz CT molecular complexity index is 148. The molecule has 2 nitrogen and oxygen atoms in total. The molecule has 0 unspecified atom stereocenters. The minimum absolute atomic E-state index is 0.221. The van der Waals surface area contributed by atoms with Gasteiger partial charge in [-0.05, 0) is 13.3 Å². The molecule has 0 N–H and O–H groups in total. The van der Waals surface area contributed by atoms with Crippen molar-refractivity contribution in [2.24, 2.45) is 0 Å². The smallest absolute Gasteiger partial charge is 0.333 e. The van der Waals surface area contributed by atoms with Crippen LogP contribution < -0.4 is 0 Å². The molecule has 0 bridgehead atoms. The monoisotopic (exact) mass is 156 g/mol. The predicted octanol–water partition coefficient (Wildman–Crippen LogP) is 2.30. The van der Waals surface area contributed by atoms with E-state index in [1.807, 2.05) is 6.08 Å². The van der Waals surface area contributed by atoms with Gasteiger partial charge in [-0.15, -0.1) is 0 Å². The summed E-state index contributed by atoms with van der Waals surface area (Å²) < 4.78 is 4.54. The lowest BCUT2D eigenvalue weighted by molar-refractivity contribution is -0.136. The largest absolute Gasteiger partial charge is 0.466 e. The van der Waals surface area contributed by atoms with Crippen molar-refractivity contribution in [1.82, 2.24) is 0 Å². The maximum absolute atomic E-state index is 10.8. The molecule has 0 fully saturated rings. The van der Waals surface area contributed by atoms with Crippen molar-refractivity contribution in [3.05, 3.63) is 11.6 Å². The van der Waals surface area contributed by atoms with Crippen molar-refractivity contribution in [3.63, 3.8) is 0 Å². The molecule has 0 spiro atoms. The summed E-state index contributed by atoms with van der Waals surface area (Å²) in [7, 11) is 1.40. The van der Waals surface area contributed by atoms with Crippen molar-refractivity contribution >= 4 is 5.97 Å². The molecule has 2 heteroatoms. The van der Waals surface area contributed by atoms with Crippen LogP contribution in [0, 0.1) is 0 Å². The second kappa shape index (κ2) is 5.96. The van der Waals surface area contributed by atoms with Crippen LogP contribution in [-0.2, 0) is 9.53 Å². The summed E-state index contributed by atoms with van der Waals surface area (Å²) in [4.78, 5) is 10.8. The third-order valence-electron chi connectivity index (χ3n) is 1.52. The first-order chi connectivity index (χ1) is 5.22. The molecule has 0 heterocycles. The summed E-state index contributed by atoms with van der Waals surface area (Å²) in [5.41, 5.74) is 0.709. The van der Waals surface area contributed by atoms with E-state index in [-0.39, 0.29) is 5.97 Å². The molecule has 0 aromatic rings. The molecule has 0 aliphatic rings. The lowest BCUT2D eigenvalue weighted by atomic mass is 10.2. The summed E-state index contributed by atoms with van der Waals surface area (Å²) in [5, 5.41) is 0. The highest BCUT2D eigenvalue weighted by molar-refractivity contribution is 5.87. The highest BCUT2D eigenvalue weighted by atomic mass is 16.5. The number of hydrogen-bond donors (Lipinski definition) is 0. The fraction of sp³-hybridized carbons (Fsp3) is 0.667. The maximum atomic E-state index is 10.8. The van der Waals surface area contributed by atoms with E-state index in [9.17, 15) is 4.79 Å². The molecule has 0 saturated carbocycles. The number of allylic oxidation sites excluding steroid dienone is 1. The second-order valence-corrected chi connectivity index (χ2v) is 2.52. The van der Waals surface area contributed by atoms with Gasteiger partial charge in [0.25, 0.3) is 0 Å². The first-order valence-corrected chi connectivity index (χ1v) is 3.97. The summed E-state index contributed by atoms with van der Waals surface area (Å²) >= 11 is 0. The minimum atomic E-state index is -0.221. The molecule has 0 atom stereocenters. The average Bonchev–Trinajstić information content (AvgIpc) is 2.03. The molecule has 0 rings (SSSR count). The van der Waals surface area contributed by atoms with Crippen molar-refractivity contribution in [1.29, 1.82) is 0 Å². The molecule has 0 aliphatic heterocycles. The van der Waals surface area contributed by atoms with Gasteiger partial charge in [0.05, 0.1) is 7.11 Å². The van der Waals surface area contributed by atoms with E-state index in [0.29, 0.717) is 5.57 Å². The lowest BCUT2D eigenvalue weighted by Gasteiger charge is -1.97. The van der Waals surface area contributed by atoms with Crippen molar-refractivity contribution in [3.8, 4) is 0 Å². The highest BCUT2D eigenvalue weighted by Gasteiger charge is 2.00. The molecular weight excluding hydrogens is 140 g/mol. The van der Waals surface area contributed by atoms with E-state index < -0.39 is 0 Å². The fourth-order valence-electron chi connectivity index (χ4n) is 0.767. The van der Waals surface area contributed by atoms with E-state index in [0.717, 1.165) is 19.3 Å². The fourth-order valence-corrected chi connectivity index (χ4v) is 0.767. The van der Waals surface area contributed by atoms with Gasteiger partial charge in [0.15, 0.2) is 0 Å². The summed E-state index contributed by atoms with van der Waals surface area (Å²) in [5.74, 6) is -0.221. The summed E-state index contributed by atoms with van der Waals surface area (Å²) in [6, 6.07) is 0. The van der Waals surface area contributed by atoms with Crippen molar-refractivity contribution < 1.29 is 9.53 Å². The molecule has 0 radical (unpaired) electrons. The third-order valence-corrected chi connectivity index (χ3v) is 1.52. The van der Waals surface area contributed by atoms with E-state index in [4.69, 9.17) is 0 Å². The number of carbonyl (C=O) groups excluding carboxylic acids is 1. The van der Waals surface area contributed by atoms with Gasteiger partial charge in [0.1, 0.15) is 0 Å². The molecular formula is C9H16O2. The van der Waals surface area contributed by atoms with E-state index in [1.54, 1.807) is 6.92 Å². The van der Waals surface area contributed by atoms with Crippen molar-refractivity contribution in [2.75, 3.05) is 7.11 Å². The Morgan fingerprint density at radius 1 is 1.55 bits per heavy atom. The molecule has 0 aromatic heterocycles. The topological polar surface area (TPSA) is 26.3 Å². The Balaban J connectivity index is 3.71. The number of unbranched alkanes of at least 4 members (excludes halogenated alkanes) is 2. The number of hydrogen-bond acceptors (Lipinski definition) is 2. The average molecular weight is 156 g/mol. The van der Waals surface area contributed by atoms with Crippen molar-refractivity contribution in [2.45, 2.75) is 33.1 Å². The van der Waals surface area contributed by atoms with Crippen LogP contribution in [0.15, 0.2) is 11.6 Å². The predicted molar refractivity (Wildman–Crippen MR) is 45.3 cm³/mol. The van der Waals surface area contributed by atoms with Gasteiger partial charge in [-0.2, -0.15) is 0 Å². The van der Waals surface area contributed by atoms with Gasteiger partial charge in [0, 0.05) is 5.57 Å². The Labute approximate surface area is 68.2 Å². The number of rotatable bonds is 4. The zero-order valence-corrected chi connectivity index (χ0v) is 7.52. The Morgan fingerprint density at radius 2 is 2.18 bits per heavy atom. The normalized spacial score (nSPS) is 11.4. The van der Waals surface area contributed by atoms with Crippen LogP contribution in [-0.4, -0.2) is 13.1 Å². The third kappa shape index (κ3) is 4.59. The van der Waals surface area contributed by atoms with Gasteiger partial charge in [0.2, 0.25) is 0 Å². The number of carbonyl (C=O) groups is 1. The Kier molecular flexibility index (Phi) is 5.53. The van der Waals surface area contributed by atoms with E-state index >= 15 is 0 Å². The summed E-state index contributed by atoms with van der Waals surface area (Å²) in [6.07, 6.45) is 5.19. The van der Waals surface area contributed by atoms with Gasteiger partial charge in [-0.1, -0.05) is 25.8 Å². The number of ether oxygens (including phenoxy) is 1. The number of esters is 1. The van der Waals surface area contributed by atoms with Gasteiger partial charge in [-0.3, -0.25) is 0 Å². The van der Waals surface area contributed by atoms with Crippen LogP contribution in [0.4, 0.5) is 0 Å². The molecule has 0 aromatic carbocycles. The Hall–Kier alpha value is -0.790. The molecule has 0 saturated heterocycles.